The van der Waals surface area contributed by atoms with E-state index in [0.717, 1.165) is 15.6 Å². The van der Waals surface area contributed by atoms with Gasteiger partial charge < -0.3 is 40.2 Å². The Balaban J connectivity index is 1.21. The number of hydrogen-bond acceptors (Lipinski definition) is 12. The van der Waals surface area contributed by atoms with Crippen LogP contribution in [0.25, 0.3) is 10.1 Å². The number of rotatable bonds is 5. The van der Waals surface area contributed by atoms with E-state index in [4.69, 9.17) is 14.2 Å². The number of thiophene rings is 1. The van der Waals surface area contributed by atoms with Crippen molar-refractivity contribution in [2.24, 2.45) is 5.92 Å². The van der Waals surface area contributed by atoms with Crippen molar-refractivity contribution in [3.05, 3.63) is 107 Å². The average Bonchev–Trinajstić information content (AvgIpc) is 4.00. The van der Waals surface area contributed by atoms with Gasteiger partial charge in [0, 0.05) is 30.5 Å². The molecular formula is C44H49N7O9S. The normalized spacial score (nSPS) is 22.0. The summed E-state index contributed by atoms with van der Waals surface area (Å²) in [6, 6.07) is 16.9. The number of carbonyl (C=O) groups is 5. The number of nitrogens with zero attached hydrogens (tertiary/aromatic N) is 4. The van der Waals surface area contributed by atoms with Gasteiger partial charge >= 0.3 is 5.97 Å². The first-order chi connectivity index (χ1) is 29.4. The minimum absolute atomic E-state index is 0.0109. The van der Waals surface area contributed by atoms with Crippen molar-refractivity contribution < 1.29 is 43.3 Å². The molecule has 1 fully saturated rings. The summed E-state index contributed by atoms with van der Waals surface area (Å²) in [5.41, 5.74) is 2.21. The van der Waals surface area contributed by atoms with Crippen LogP contribution >= 0.6 is 11.3 Å². The molecule has 4 bridgehead atoms. The fraction of sp³-hybridized carbons (Fsp3) is 0.386. The Morgan fingerprint density at radius 3 is 2.51 bits per heavy atom. The fourth-order valence-electron chi connectivity index (χ4n) is 7.59. The molecule has 0 spiro atoms. The summed E-state index contributed by atoms with van der Waals surface area (Å²) in [4.78, 5) is 71.5. The number of aliphatic hydroxyl groups is 1. The number of methoxy groups -OCH3 is 1. The van der Waals surface area contributed by atoms with Gasteiger partial charge in [0.25, 0.3) is 5.91 Å². The number of esters is 1. The number of nitrogens with one attached hydrogen (secondary N) is 3. The van der Waals surface area contributed by atoms with Gasteiger partial charge in [0.15, 0.2) is 0 Å². The third-order valence-corrected chi connectivity index (χ3v) is 11.7. The molecule has 4 N–H and O–H groups in total. The van der Waals surface area contributed by atoms with Crippen molar-refractivity contribution >= 4 is 51.0 Å². The number of ether oxygens (including phenoxy) is 3. The topological polar surface area (TPSA) is 203 Å². The zero-order chi connectivity index (χ0) is 43.0. The molecule has 0 saturated carbocycles. The maximum atomic E-state index is 14.4. The maximum Gasteiger partial charge on any atom is 0.328 e. The van der Waals surface area contributed by atoms with Gasteiger partial charge in [-0.2, -0.15) is 0 Å². The highest BCUT2D eigenvalue weighted by Gasteiger charge is 2.43. The number of hydrogen-bond donors (Lipinski definition) is 4. The van der Waals surface area contributed by atoms with Crippen LogP contribution in [0.1, 0.15) is 53.9 Å². The second-order valence-electron chi connectivity index (χ2n) is 15.6. The number of aromatic nitrogens is 3. The van der Waals surface area contributed by atoms with E-state index in [1.807, 2.05) is 43.5 Å². The summed E-state index contributed by atoms with van der Waals surface area (Å²) < 4.78 is 19.7. The Hall–Kier alpha value is -6.33. The predicted octanol–water partition coefficient (Wildman–Crippen LogP) is 3.20. The van der Waals surface area contributed by atoms with Crippen LogP contribution < -0.4 is 25.4 Å². The summed E-state index contributed by atoms with van der Waals surface area (Å²) in [5.74, 6) is -2.33. The minimum atomic E-state index is -1.20. The number of para-hydroxylation sites is 1. The number of benzene rings is 3. The van der Waals surface area contributed by atoms with Crippen LogP contribution in [-0.4, -0.2) is 105 Å². The Kier molecular flexibility index (Phi) is 13.6. The summed E-state index contributed by atoms with van der Waals surface area (Å²) in [5, 5.41) is 30.6. The van der Waals surface area contributed by atoms with Gasteiger partial charge in [0.2, 0.25) is 17.7 Å². The Morgan fingerprint density at radius 2 is 1.72 bits per heavy atom. The van der Waals surface area contributed by atoms with Crippen molar-refractivity contribution in [2.75, 3.05) is 20.3 Å². The van der Waals surface area contributed by atoms with Crippen LogP contribution in [-0.2, 0) is 49.9 Å². The molecule has 5 heterocycles. The summed E-state index contributed by atoms with van der Waals surface area (Å²) >= 11 is 1.50. The van der Waals surface area contributed by atoms with E-state index in [-0.39, 0.29) is 62.7 Å². The monoisotopic (exact) mass is 851 g/mol. The van der Waals surface area contributed by atoms with Crippen molar-refractivity contribution in [3.63, 3.8) is 0 Å². The van der Waals surface area contributed by atoms with Gasteiger partial charge in [-0.15, -0.1) is 16.4 Å². The van der Waals surface area contributed by atoms with Crippen LogP contribution in [0, 0.1) is 5.92 Å². The lowest BCUT2D eigenvalue weighted by molar-refractivity contribution is -0.145. The summed E-state index contributed by atoms with van der Waals surface area (Å²) in [6.07, 6.45) is 0.944. The zero-order valence-corrected chi connectivity index (χ0v) is 34.9. The molecule has 2 aromatic heterocycles. The van der Waals surface area contributed by atoms with Crippen LogP contribution in [0.3, 0.4) is 0 Å². The van der Waals surface area contributed by atoms with Gasteiger partial charge in [-0.05, 0) is 64.6 Å². The van der Waals surface area contributed by atoms with Crippen molar-refractivity contribution in [1.29, 1.82) is 0 Å². The highest BCUT2D eigenvalue weighted by atomic mass is 32.1. The molecule has 16 nitrogen and oxygen atoms in total. The van der Waals surface area contributed by atoms with Gasteiger partial charge in [-0.25, -0.2) is 9.48 Å². The quantitative estimate of drug-likeness (QED) is 0.189. The highest BCUT2D eigenvalue weighted by Crippen LogP contribution is 2.28. The van der Waals surface area contributed by atoms with E-state index in [0.29, 0.717) is 23.6 Å². The molecule has 8 rings (SSSR count). The lowest BCUT2D eigenvalue weighted by Gasteiger charge is -2.30. The molecule has 3 aliphatic heterocycles. The first-order valence-corrected chi connectivity index (χ1v) is 21.1. The van der Waals surface area contributed by atoms with Crippen LogP contribution in [0.2, 0.25) is 0 Å². The Labute approximate surface area is 356 Å². The molecule has 0 radical (unpaired) electrons. The summed E-state index contributed by atoms with van der Waals surface area (Å²) in [7, 11) is 1.23. The molecule has 3 aliphatic rings. The van der Waals surface area contributed by atoms with Gasteiger partial charge in [-0.1, -0.05) is 61.5 Å². The molecule has 4 amide bonds. The number of amides is 4. The molecule has 320 valence electrons. The third kappa shape index (κ3) is 10.5. The SMILES string of the molecule is COC(=O)[C@@H]1Cc2ccc(cc2)OCCn2cc(nn2)COc2ccccc2C(=O)N[C@H](CC(C)C)C(=O)N2C[C@@H](O)C[C@@H]2C(=O)N[C@@H](Cc2csc3ccccc23)C(=O)N1. The Bertz CT molecular complexity index is 2360. The van der Waals surface area contributed by atoms with Crippen LogP contribution in [0.4, 0.5) is 0 Å². The molecular weight excluding hydrogens is 803 g/mol. The van der Waals surface area contributed by atoms with Crippen molar-refractivity contribution in [2.45, 2.75) is 83.0 Å². The number of aliphatic hydroxyl groups excluding tert-OH is 1. The second-order valence-corrected chi connectivity index (χ2v) is 16.5. The first kappa shape index (κ1) is 42.8. The van der Waals surface area contributed by atoms with Gasteiger partial charge in [-0.3, -0.25) is 19.2 Å². The molecule has 0 unspecified atom stereocenters. The highest BCUT2D eigenvalue weighted by molar-refractivity contribution is 7.17. The molecule has 3 aromatic carbocycles. The first-order valence-electron chi connectivity index (χ1n) is 20.2. The molecule has 1 saturated heterocycles. The van der Waals surface area contributed by atoms with E-state index in [1.54, 1.807) is 59.4 Å². The largest absolute Gasteiger partial charge is 0.492 e. The van der Waals surface area contributed by atoms with Gasteiger partial charge in [0.1, 0.15) is 54.6 Å². The summed E-state index contributed by atoms with van der Waals surface area (Å²) in [6.45, 7) is 4.31. The molecule has 0 aliphatic carbocycles. The zero-order valence-electron chi connectivity index (χ0n) is 34.1. The average molecular weight is 852 g/mol. The molecule has 5 aromatic rings. The van der Waals surface area contributed by atoms with Crippen molar-refractivity contribution in [1.82, 2.24) is 35.8 Å². The van der Waals surface area contributed by atoms with E-state index < -0.39 is 59.9 Å². The van der Waals surface area contributed by atoms with E-state index in [1.165, 1.54) is 23.3 Å². The van der Waals surface area contributed by atoms with E-state index in [2.05, 4.69) is 26.3 Å². The maximum absolute atomic E-state index is 14.4. The third-order valence-electron chi connectivity index (χ3n) is 10.6. The second kappa shape index (κ2) is 19.4. The fourth-order valence-corrected chi connectivity index (χ4v) is 8.57. The number of carbonyl (C=O) groups excluding carboxylic acids is 5. The molecule has 17 heteroatoms. The molecule has 61 heavy (non-hydrogen) atoms. The lowest BCUT2D eigenvalue weighted by atomic mass is 10.0. The van der Waals surface area contributed by atoms with Crippen LogP contribution in [0.5, 0.6) is 11.5 Å². The lowest BCUT2D eigenvalue weighted by Crippen LogP contribution is -2.58. The van der Waals surface area contributed by atoms with Crippen molar-refractivity contribution in [3.8, 4) is 11.5 Å². The van der Waals surface area contributed by atoms with E-state index >= 15 is 0 Å². The minimum Gasteiger partial charge on any atom is -0.492 e. The smallest absolute Gasteiger partial charge is 0.328 e. The van der Waals surface area contributed by atoms with E-state index in [9.17, 15) is 29.1 Å². The van der Waals surface area contributed by atoms with Gasteiger partial charge in [0.05, 0.1) is 31.5 Å². The molecule has 5 atom stereocenters. The number of fused-ring (bicyclic) bond motifs is 15. The Morgan fingerprint density at radius 1 is 0.951 bits per heavy atom. The van der Waals surface area contributed by atoms with Crippen LogP contribution in [0.15, 0.2) is 84.4 Å². The standard InChI is InChI=1S/C44H49N7O9S/c1-26(2)18-35-43(56)51-23-30(52)21-37(51)42(55)45-34(20-28-25-61-39-11-7-5-8-32(28)39)41(54)47-36(44(57)58-3)19-27-12-14-31(15-13-27)59-17-16-50-22-29(48-49-50)24-60-38-10-6-4-9-33(38)40(53)46-35/h4-15,22,25-26,30,34-37,52H,16-21,23-24H2,1-3H3,(H,45,55)(H,46,53)(H,47,54)/t30-,34-,35+,36-,37+/m0/s1. The predicted molar refractivity (Wildman–Crippen MR) is 225 cm³/mol.